The predicted molar refractivity (Wildman–Crippen MR) is 134 cm³/mol. The molecular formula is C25H38N2O6Si. The van der Waals surface area contributed by atoms with Gasteiger partial charge in [-0.3, -0.25) is 4.79 Å². The lowest BCUT2D eigenvalue weighted by atomic mass is 10.0. The fourth-order valence-electron chi connectivity index (χ4n) is 5.55. The molecule has 1 aromatic carbocycles. The van der Waals surface area contributed by atoms with Crippen molar-refractivity contribution in [2.45, 2.75) is 76.9 Å². The topological polar surface area (TPSA) is 88.5 Å². The van der Waals surface area contributed by atoms with Crippen LogP contribution in [0.5, 0.6) is 11.5 Å². The number of hydrogen-bond acceptors (Lipinski definition) is 6. The third-order valence-electron chi connectivity index (χ3n) is 7.22. The van der Waals surface area contributed by atoms with Crippen LogP contribution < -0.4 is 14.1 Å². The number of ether oxygens (including phenoxy) is 2. The van der Waals surface area contributed by atoms with Crippen LogP contribution in [0.4, 0.5) is 10.5 Å². The van der Waals surface area contributed by atoms with Crippen LogP contribution in [0.3, 0.4) is 0 Å². The van der Waals surface area contributed by atoms with Crippen molar-refractivity contribution in [3.05, 3.63) is 30.4 Å². The summed E-state index contributed by atoms with van der Waals surface area (Å²) in [4.78, 5) is 29.1. The minimum absolute atomic E-state index is 0.0106. The van der Waals surface area contributed by atoms with Gasteiger partial charge in [0.25, 0.3) is 14.2 Å². The Morgan fingerprint density at radius 2 is 1.79 bits per heavy atom. The predicted octanol–water partition coefficient (Wildman–Crippen LogP) is 4.93. The minimum atomic E-state index is -2.38. The zero-order valence-electron chi connectivity index (χ0n) is 21.3. The van der Waals surface area contributed by atoms with Crippen LogP contribution in [0.2, 0.25) is 16.6 Å². The first-order valence-corrected chi connectivity index (χ1v) is 14.1. The number of fused-ring (bicyclic) bond motifs is 2. The van der Waals surface area contributed by atoms with Crippen LogP contribution in [-0.2, 0) is 4.74 Å². The summed E-state index contributed by atoms with van der Waals surface area (Å²) in [5.74, 6) is 0.642. The van der Waals surface area contributed by atoms with Crippen LogP contribution in [0.15, 0.2) is 24.8 Å². The summed E-state index contributed by atoms with van der Waals surface area (Å²) >= 11 is 0. The SMILES string of the molecule is C=CCOC(=O)N1c2cc(O[Si](C(C)C)(C(C)C)C(C)C)c(OC)cc2C(=O)N2CC[C@H]2C1O. The van der Waals surface area contributed by atoms with E-state index in [2.05, 4.69) is 48.1 Å². The number of carbonyl (C=O) groups is 2. The van der Waals surface area contributed by atoms with Crippen molar-refractivity contribution < 1.29 is 28.6 Å². The van der Waals surface area contributed by atoms with E-state index in [-0.39, 0.29) is 23.8 Å². The lowest BCUT2D eigenvalue weighted by molar-refractivity contribution is -0.00338. The Kier molecular flexibility index (Phi) is 7.67. The molecule has 1 fully saturated rings. The number of aliphatic hydroxyl groups excluding tert-OH is 1. The van der Waals surface area contributed by atoms with Gasteiger partial charge < -0.3 is 23.9 Å². The third-order valence-corrected chi connectivity index (χ3v) is 13.2. The molecule has 0 aromatic heterocycles. The Bertz CT molecular complexity index is 926. The van der Waals surface area contributed by atoms with E-state index in [1.165, 1.54) is 13.2 Å². The number of amides is 2. The number of benzene rings is 1. The highest BCUT2D eigenvalue weighted by molar-refractivity contribution is 6.78. The molecule has 1 unspecified atom stereocenters. The fourth-order valence-corrected chi connectivity index (χ4v) is 10.8. The van der Waals surface area contributed by atoms with Gasteiger partial charge in [0, 0.05) is 12.6 Å². The average molecular weight is 491 g/mol. The van der Waals surface area contributed by atoms with Crippen LogP contribution in [-0.4, -0.2) is 62.9 Å². The van der Waals surface area contributed by atoms with Gasteiger partial charge in [0.15, 0.2) is 12.0 Å². The van der Waals surface area contributed by atoms with Crippen molar-refractivity contribution in [1.29, 1.82) is 0 Å². The highest BCUT2D eigenvalue weighted by atomic mass is 28.4. The molecule has 1 N–H and O–H groups in total. The first-order chi connectivity index (χ1) is 16.0. The number of hydrogen-bond donors (Lipinski definition) is 1. The van der Waals surface area contributed by atoms with Gasteiger partial charge in [-0.05, 0) is 29.1 Å². The molecule has 2 amide bonds. The summed E-state index contributed by atoms with van der Waals surface area (Å²) in [6.45, 7) is 17.2. The maximum atomic E-state index is 13.3. The lowest BCUT2D eigenvalue weighted by Gasteiger charge is -2.43. The highest BCUT2D eigenvalue weighted by Crippen LogP contribution is 2.47. The molecule has 9 heteroatoms. The first kappa shape index (κ1) is 26.1. The van der Waals surface area contributed by atoms with Gasteiger partial charge >= 0.3 is 6.09 Å². The van der Waals surface area contributed by atoms with Gasteiger partial charge in [-0.15, -0.1) is 0 Å². The highest BCUT2D eigenvalue weighted by Gasteiger charge is 2.50. The molecule has 2 aliphatic rings. The van der Waals surface area contributed by atoms with Gasteiger partial charge in [-0.1, -0.05) is 54.2 Å². The number of rotatable bonds is 8. The zero-order chi connectivity index (χ0) is 25.4. The zero-order valence-corrected chi connectivity index (χ0v) is 22.3. The summed E-state index contributed by atoms with van der Waals surface area (Å²) in [5.41, 5.74) is 1.44. The smallest absolute Gasteiger partial charge is 0.416 e. The largest absolute Gasteiger partial charge is 0.540 e. The number of anilines is 1. The number of methoxy groups -OCH3 is 1. The molecule has 2 atom stereocenters. The molecule has 0 bridgehead atoms. The summed E-state index contributed by atoms with van der Waals surface area (Å²) in [5, 5.41) is 11.1. The first-order valence-electron chi connectivity index (χ1n) is 12.0. The quantitative estimate of drug-likeness (QED) is 0.411. The second kappa shape index (κ2) is 9.99. The van der Waals surface area contributed by atoms with Gasteiger partial charge in [0.2, 0.25) is 0 Å². The summed E-state index contributed by atoms with van der Waals surface area (Å²) in [6, 6.07) is 2.78. The Hall–Kier alpha value is -2.52. The lowest BCUT2D eigenvalue weighted by Crippen LogP contribution is -2.60. The van der Waals surface area contributed by atoms with Gasteiger partial charge in [0.05, 0.1) is 24.4 Å². The number of aliphatic hydroxyl groups is 1. The van der Waals surface area contributed by atoms with E-state index in [1.54, 1.807) is 17.0 Å². The molecule has 0 radical (unpaired) electrons. The summed E-state index contributed by atoms with van der Waals surface area (Å²) in [6.07, 6.45) is 0.0722. The standard InChI is InChI=1S/C25H38N2O6Si/c1-9-12-32-25(30)27-20-14-22(33-34(15(2)3,16(4)5)17(6)7)21(31-8)13-18(20)23(28)26-11-10-19(26)24(27)29/h9,13-17,19,24,29H,1,10-12H2,2-8H3/t19-,24?/m0/s1. The van der Waals surface area contributed by atoms with Crippen molar-refractivity contribution in [3.8, 4) is 11.5 Å². The van der Waals surface area contributed by atoms with E-state index >= 15 is 0 Å². The van der Waals surface area contributed by atoms with E-state index in [0.717, 1.165) is 4.90 Å². The van der Waals surface area contributed by atoms with Crippen LogP contribution >= 0.6 is 0 Å². The Morgan fingerprint density at radius 3 is 2.26 bits per heavy atom. The van der Waals surface area contributed by atoms with Gasteiger partial charge in [-0.2, -0.15) is 0 Å². The van der Waals surface area contributed by atoms with E-state index in [0.29, 0.717) is 41.1 Å². The van der Waals surface area contributed by atoms with Crippen molar-refractivity contribution in [1.82, 2.24) is 4.90 Å². The summed E-state index contributed by atoms with van der Waals surface area (Å²) < 4.78 is 17.8. The fraction of sp³-hybridized carbons (Fsp3) is 0.600. The van der Waals surface area contributed by atoms with Gasteiger partial charge in [0.1, 0.15) is 12.4 Å². The van der Waals surface area contributed by atoms with Crippen molar-refractivity contribution in [2.24, 2.45) is 0 Å². The normalized spacial score (nSPS) is 20.0. The molecule has 0 spiro atoms. The molecule has 2 heterocycles. The Morgan fingerprint density at radius 1 is 1.18 bits per heavy atom. The van der Waals surface area contributed by atoms with E-state index in [4.69, 9.17) is 13.9 Å². The van der Waals surface area contributed by atoms with Crippen molar-refractivity contribution in [3.63, 3.8) is 0 Å². The molecule has 0 saturated carbocycles. The average Bonchev–Trinajstić information content (AvgIpc) is 2.79. The molecular weight excluding hydrogens is 452 g/mol. The second-order valence-corrected chi connectivity index (χ2v) is 15.3. The maximum absolute atomic E-state index is 13.3. The molecule has 3 rings (SSSR count). The van der Waals surface area contributed by atoms with Crippen LogP contribution in [0.1, 0.15) is 58.3 Å². The van der Waals surface area contributed by atoms with Crippen molar-refractivity contribution >= 4 is 26.0 Å². The molecule has 34 heavy (non-hydrogen) atoms. The molecule has 2 aliphatic heterocycles. The van der Waals surface area contributed by atoms with Crippen molar-refractivity contribution in [2.75, 3.05) is 25.2 Å². The summed E-state index contributed by atoms with van der Waals surface area (Å²) in [7, 11) is -0.840. The molecule has 0 aliphatic carbocycles. The van der Waals surface area contributed by atoms with Crippen LogP contribution in [0, 0.1) is 0 Å². The molecule has 8 nitrogen and oxygen atoms in total. The van der Waals surface area contributed by atoms with E-state index < -0.39 is 26.7 Å². The number of nitrogens with zero attached hydrogens (tertiary/aromatic N) is 2. The Balaban J connectivity index is 2.20. The Labute approximate surface area is 203 Å². The number of carbonyl (C=O) groups excluding carboxylic acids is 2. The van der Waals surface area contributed by atoms with E-state index in [9.17, 15) is 14.7 Å². The minimum Gasteiger partial charge on any atom is -0.540 e. The molecule has 188 valence electrons. The second-order valence-electron chi connectivity index (χ2n) is 9.94. The van der Waals surface area contributed by atoms with Crippen LogP contribution in [0.25, 0.3) is 0 Å². The van der Waals surface area contributed by atoms with E-state index in [1.807, 2.05) is 0 Å². The monoisotopic (exact) mass is 490 g/mol. The third kappa shape index (κ3) is 4.20. The molecule has 1 aromatic rings. The van der Waals surface area contributed by atoms with Gasteiger partial charge in [-0.25, -0.2) is 9.69 Å². The molecule has 1 saturated heterocycles. The maximum Gasteiger partial charge on any atom is 0.416 e.